The normalized spacial score (nSPS) is 36.6. The summed E-state index contributed by atoms with van der Waals surface area (Å²) in [7, 11) is 2.32. The molecule has 0 unspecified atom stereocenters. The highest BCUT2D eigenvalue weighted by Gasteiger charge is 2.15. The molecular formula is C8H17B. The van der Waals surface area contributed by atoms with Crippen LogP contribution in [0.2, 0.25) is 6.32 Å². The molecule has 1 heteroatoms. The maximum absolute atomic E-state index is 2.38. The van der Waals surface area contributed by atoms with E-state index < -0.39 is 0 Å². The molecule has 0 aromatic heterocycles. The second kappa shape index (κ2) is 3.29. The van der Waals surface area contributed by atoms with Crippen molar-refractivity contribution in [2.45, 2.75) is 38.9 Å². The van der Waals surface area contributed by atoms with Gasteiger partial charge in [0.15, 0.2) is 0 Å². The summed E-state index contributed by atoms with van der Waals surface area (Å²) in [6.07, 6.45) is 7.37. The smallest absolute Gasteiger partial charge is 0.0783 e. The van der Waals surface area contributed by atoms with Crippen LogP contribution in [-0.2, 0) is 0 Å². The van der Waals surface area contributed by atoms with Gasteiger partial charge in [-0.15, -0.1) is 0 Å². The first-order valence-electron chi connectivity index (χ1n) is 4.33. The van der Waals surface area contributed by atoms with E-state index in [-0.39, 0.29) is 0 Å². The fourth-order valence-electron chi connectivity index (χ4n) is 1.74. The largest absolute Gasteiger partial charge is 0.101 e. The van der Waals surface area contributed by atoms with E-state index in [1.165, 1.54) is 32.0 Å². The van der Waals surface area contributed by atoms with Crippen LogP contribution in [0.1, 0.15) is 32.6 Å². The maximum Gasteiger partial charge on any atom is 0.101 e. The average Bonchev–Trinajstić information content (AvgIpc) is 1.90. The molecule has 1 aliphatic rings. The Balaban J connectivity index is 2.18. The van der Waals surface area contributed by atoms with Gasteiger partial charge in [0, 0.05) is 0 Å². The molecule has 0 aromatic rings. The number of hydrogen-bond donors (Lipinski definition) is 0. The van der Waals surface area contributed by atoms with E-state index in [9.17, 15) is 0 Å². The van der Waals surface area contributed by atoms with Gasteiger partial charge < -0.3 is 0 Å². The van der Waals surface area contributed by atoms with E-state index in [4.69, 9.17) is 0 Å². The van der Waals surface area contributed by atoms with Crippen molar-refractivity contribution < 1.29 is 0 Å². The first-order chi connectivity index (χ1) is 4.33. The molecule has 1 aliphatic carbocycles. The Hall–Kier alpha value is 0.0649. The second-order valence-corrected chi connectivity index (χ2v) is 3.53. The van der Waals surface area contributed by atoms with Gasteiger partial charge in [-0.2, -0.15) is 0 Å². The minimum atomic E-state index is 1.02. The van der Waals surface area contributed by atoms with E-state index in [2.05, 4.69) is 14.8 Å². The van der Waals surface area contributed by atoms with Gasteiger partial charge in [-0.25, -0.2) is 0 Å². The molecule has 0 aliphatic heterocycles. The van der Waals surface area contributed by atoms with Crippen LogP contribution in [0.4, 0.5) is 0 Å². The Labute approximate surface area is 59.4 Å². The van der Waals surface area contributed by atoms with Crippen LogP contribution in [0.15, 0.2) is 0 Å². The van der Waals surface area contributed by atoms with E-state index in [0.29, 0.717) is 0 Å². The van der Waals surface area contributed by atoms with Gasteiger partial charge in [0.25, 0.3) is 0 Å². The molecule has 0 N–H and O–H groups in total. The molecule has 0 radical (unpaired) electrons. The molecule has 1 saturated carbocycles. The molecule has 1 rings (SSSR count). The molecular weight excluding hydrogens is 107 g/mol. The lowest BCUT2D eigenvalue weighted by Crippen LogP contribution is -2.11. The Morgan fingerprint density at radius 1 is 1.22 bits per heavy atom. The molecule has 0 saturated heterocycles. The molecule has 0 spiro atoms. The summed E-state index contributed by atoms with van der Waals surface area (Å²) in [5, 5.41) is 0. The van der Waals surface area contributed by atoms with Crippen LogP contribution >= 0.6 is 0 Å². The third-order valence-electron chi connectivity index (χ3n) is 2.71. The zero-order valence-electron chi connectivity index (χ0n) is 6.69. The zero-order valence-corrected chi connectivity index (χ0v) is 6.69. The lowest BCUT2D eigenvalue weighted by molar-refractivity contribution is 0.308. The summed E-state index contributed by atoms with van der Waals surface area (Å²) < 4.78 is 0. The summed E-state index contributed by atoms with van der Waals surface area (Å²) in [5.74, 6) is 2.09. The van der Waals surface area contributed by atoms with Crippen LogP contribution in [-0.4, -0.2) is 7.85 Å². The Bertz CT molecular complexity index is 72.6. The summed E-state index contributed by atoms with van der Waals surface area (Å²) >= 11 is 0. The van der Waals surface area contributed by atoms with Crippen molar-refractivity contribution >= 4 is 7.85 Å². The first kappa shape index (κ1) is 7.18. The topological polar surface area (TPSA) is 0 Å². The number of hydrogen-bond acceptors (Lipinski definition) is 0. The van der Waals surface area contributed by atoms with Crippen molar-refractivity contribution in [1.82, 2.24) is 0 Å². The summed E-state index contributed by atoms with van der Waals surface area (Å²) in [6.45, 7) is 2.38. The predicted octanol–water partition coefficient (Wildman–Crippen LogP) is 1.86. The predicted molar refractivity (Wildman–Crippen MR) is 44.5 cm³/mol. The van der Waals surface area contributed by atoms with Crippen LogP contribution < -0.4 is 0 Å². The van der Waals surface area contributed by atoms with Crippen molar-refractivity contribution in [3.8, 4) is 0 Å². The van der Waals surface area contributed by atoms with Crippen molar-refractivity contribution in [2.24, 2.45) is 11.8 Å². The van der Waals surface area contributed by atoms with Gasteiger partial charge >= 0.3 is 0 Å². The molecule has 0 bridgehead atoms. The lowest BCUT2D eigenvalue weighted by Gasteiger charge is -2.24. The third kappa shape index (κ3) is 2.04. The highest BCUT2D eigenvalue weighted by molar-refractivity contribution is 6.08. The van der Waals surface area contributed by atoms with Crippen LogP contribution in [0.5, 0.6) is 0 Å². The summed E-state index contributed by atoms with van der Waals surface area (Å²) in [5.41, 5.74) is 0. The Morgan fingerprint density at radius 3 is 2.22 bits per heavy atom. The van der Waals surface area contributed by atoms with E-state index in [1.807, 2.05) is 0 Å². The van der Waals surface area contributed by atoms with E-state index >= 15 is 0 Å². The average molecular weight is 124 g/mol. The van der Waals surface area contributed by atoms with Gasteiger partial charge in [0.1, 0.15) is 7.85 Å². The van der Waals surface area contributed by atoms with Crippen molar-refractivity contribution in [2.75, 3.05) is 0 Å². The summed E-state index contributed by atoms with van der Waals surface area (Å²) in [4.78, 5) is 0. The molecule has 0 atom stereocenters. The monoisotopic (exact) mass is 124 g/mol. The Morgan fingerprint density at radius 2 is 1.78 bits per heavy atom. The zero-order chi connectivity index (χ0) is 6.69. The summed E-state index contributed by atoms with van der Waals surface area (Å²) in [6, 6.07) is 0. The van der Waals surface area contributed by atoms with Crippen LogP contribution in [0, 0.1) is 11.8 Å². The fraction of sp³-hybridized carbons (Fsp3) is 1.00. The molecule has 0 aromatic carbocycles. The van der Waals surface area contributed by atoms with Gasteiger partial charge in [-0.1, -0.05) is 38.9 Å². The minimum Gasteiger partial charge on any atom is -0.0783 e. The van der Waals surface area contributed by atoms with Crippen LogP contribution in [0.3, 0.4) is 0 Å². The quantitative estimate of drug-likeness (QED) is 0.468. The highest BCUT2D eigenvalue weighted by atomic mass is 14.2. The second-order valence-electron chi connectivity index (χ2n) is 3.53. The van der Waals surface area contributed by atoms with Crippen molar-refractivity contribution in [3.63, 3.8) is 0 Å². The van der Waals surface area contributed by atoms with Gasteiger partial charge in [-0.05, 0) is 11.8 Å². The fourth-order valence-corrected chi connectivity index (χ4v) is 1.74. The third-order valence-corrected chi connectivity index (χ3v) is 2.71. The number of rotatable bonds is 1. The molecule has 0 nitrogen and oxygen atoms in total. The maximum atomic E-state index is 2.38. The van der Waals surface area contributed by atoms with E-state index in [1.54, 1.807) is 0 Å². The molecule has 9 heavy (non-hydrogen) atoms. The van der Waals surface area contributed by atoms with Gasteiger partial charge in [-0.3, -0.25) is 0 Å². The molecule has 52 valence electrons. The van der Waals surface area contributed by atoms with Crippen molar-refractivity contribution in [1.29, 1.82) is 0 Å². The minimum absolute atomic E-state index is 1.02. The molecule has 1 fully saturated rings. The SMILES string of the molecule is BC[C@H]1CC[C@H](C)CC1. The van der Waals surface area contributed by atoms with Gasteiger partial charge in [0.2, 0.25) is 0 Å². The van der Waals surface area contributed by atoms with E-state index in [0.717, 1.165) is 11.8 Å². The van der Waals surface area contributed by atoms with Crippen molar-refractivity contribution in [3.05, 3.63) is 0 Å². The lowest BCUT2D eigenvalue weighted by atomic mass is 9.77. The molecule has 0 heterocycles. The Kier molecular flexibility index (Phi) is 2.62. The standard InChI is InChI=1S/C8H17B/c1-7-2-4-8(6-9)5-3-7/h7-8H,2-6,9H2,1H3/t7-,8-. The van der Waals surface area contributed by atoms with Crippen LogP contribution in [0.25, 0.3) is 0 Å². The van der Waals surface area contributed by atoms with Gasteiger partial charge in [0.05, 0.1) is 0 Å². The molecule has 0 amide bonds. The first-order valence-corrected chi connectivity index (χ1v) is 4.33. The highest BCUT2D eigenvalue weighted by Crippen LogP contribution is 2.29.